The Balaban J connectivity index is 2.24. The SMILES string of the molecule is O=C1CC(c2ccc([N+](=O)[O-])cc2)=NN1. The third kappa shape index (κ3) is 1.83. The van der Waals surface area contributed by atoms with Crippen LogP contribution in [0.1, 0.15) is 12.0 Å². The van der Waals surface area contributed by atoms with Crippen LogP contribution in [0.25, 0.3) is 0 Å². The van der Waals surface area contributed by atoms with E-state index in [1.54, 1.807) is 12.1 Å². The molecule has 0 bridgehead atoms. The molecule has 0 saturated carbocycles. The van der Waals surface area contributed by atoms with E-state index >= 15 is 0 Å². The molecule has 15 heavy (non-hydrogen) atoms. The van der Waals surface area contributed by atoms with Gasteiger partial charge in [-0.05, 0) is 17.7 Å². The number of non-ortho nitro benzene ring substituents is 1. The first kappa shape index (κ1) is 9.32. The smallest absolute Gasteiger partial charge is 0.269 e. The number of hydrazone groups is 1. The normalized spacial score (nSPS) is 14.7. The summed E-state index contributed by atoms with van der Waals surface area (Å²) in [7, 11) is 0. The van der Waals surface area contributed by atoms with Crippen molar-refractivity contribution < 1.29 is 9.72 Å². The van der Waals surface area contributed by atoms with Gasteiger partial charge in [0, 0.05) is 12.1 Å². The molecule has 1 aliphatic rings. The number of hydrogen-bond acceptors (Lipinski definition) is 4. The highest BCUT2D eigenvalue weighted by atomic mass is 16.6. The predicted octanol–water partition coefficient (Wildman–Crippen LogP) is 0.819. The number of benzene rings is 1. The summed E-state index contributed by atoms with van der Waals surface area (Å²) in [5.41, 5.74) is 3.67. The number of nitro benzene ring substituents is 1. The molecule has 6 heteroatoms. The molecule has 6 nitrogen and oxygen atoms in total. The Morgan fingerprint density at radius 3 is 2.47 bits per heavy atom. The van der Waals surface area contributed by atoms with Crippen LogP contribution >= 0.6 is 0 Å². The molecule has 1 aliphatic heterocycles. The Hall–Kier alpha value is -2.24. The average Bonchev–Trinajstić information content (AvgIpc) is 2.65. The van der Waals surface area contributed by atoms with Crippen molar-refractivity contribution in [3.8, 4) is 0 Å². The van der Waals surface area contributed by atoms with Crippen molar-refractivity contribution in [1.82, 2.24) is 5.43 Å². The fourth-order valence-corrected chi connectivity index (χ4v) is 1.30. The Kier molecular flexibility index (Phi) is 2.17. The largest absolute Gasteiger partial charge is 0.273 e. The monoisotopic (exact) mass is 205 g/mol. The number of nitrogens with one attached hydrogen (secondary N) is 1. The first-order valence-electron chi connectivity index (χ1n) is 4.27. The number of rotatable bonds is 2. The van der Waals surface area contributed by atoms with E-state index < -0.39 is 4.92 Å². The second-order valence-electron chi connectivity index (χ2n) is 3.07. The van der Waals surface area contributed by atoms with E-state index in [2.05, 4.69) is 10.5 Å². The van der Waals surface area contributed by atoms with Crippen LogP contribution in [-0.4, -0.2) is 16.5 Å². The highest BCUT2D eigenvalue weighted by Gasteiger charge is 2.16. The van der Waals surface area contributed by atoms with E-state index in [-0.39, 0.29) is 18.0 Å². The maximum atomic E-state index is 10.9. The highest BCUT2D eigenvalue weighted by molar-refractivity contribution is 6.13. The lowest BCUT2D eigenvalue weighted by Gasteiger charge is -1.97. The summed E-state index contributed by atoms with van der Waals surface area (Å²) in [5.74, 6) is -0.164. The molecule has 0 aliphatic carbocycles. The van der Waals surface area contributed by atoms with Gasteiger partial charge < -0.3 is 0 Å². The average molecular weight is 205 g/mol. The third-order valence-corrected chi connectivity index (χ3v) is 2.05. The lowest BCUT2D eigenvalue weighted by molar-refractivity contribution is -0.384. The van der Waals surface area contributed by atoms with E-state index in [1.165, 1.54) is 12.1 Å². The number of carbonyl (C=O) groups excluding carboxylic acids is 1. The number of amides is 1. The second-order valence-corrected chi connectivity index (χ2v) is 3.07. The quantitative estimate of drug-likeness (QED) is 0.572. The van der Waals surface area contributed by atoms with E-state index in [0.717, 1.165) is 5.56 Å². The van der Waals surface area contributed by atoms with Gasteiger partial charge in [-0.3, -0.25) is 14.9 Å². The molecule has 0 unspecified atom stereocenters. The van der Waals surface area contributed by atoms with Crippen molar-refractivity contribution in [2.24, 2.45) is 5.10 Å². The standard InChI is InChI=1S/C9H7N3O3/c13-9-5-8(10-11-9)6-1-3-7(4-2-6)12(14)15/h1-4H,5H2,(H,11,13). The van der Waals surface area contributed by atoms with Gasteiger partial charge >= 0.3 is 0 Å². The molecule has 2 rings (SSSR count). The third-order valence-electron chi connectivity index (χ3n) is 2.05. The van der Waals surface area contributed by atoms with Crippen LogP contribution in [0.5, 0.6) is 0 Å². The molecule has 76 valence electrons. The summed E-state index contributed by atoms with van der Waals surface area (Å²) in [6, 6.07) is 5.94. The number of carbonyl (C=O) groups is 1. The number of nitrogens with zero attached hydrogens (tertiary/aromatic N) is 2. The first-order valence-corrected chi connectivity index (χ1v) is 4.27. The van der Waals surface area contributed by atoms with Gasteiger partial charge in [0.15, 0.2) is 0 Å². The van der Waals surface area contributed by atoms with Crippen molar-refractivity contribution in [2.45, 2.75) is 6.42 Å². The Bertz CT molecular complexity index is 450. The van der Waals surface area contributed by atoms with Gasteiger partial charge in [-0.1, -0.05) is 0 Å². The van der Waals surface area contributed by atoms with Crippen molar-refractivity contribution in [2.75, 3.05) is 0 Å². The molecule has 0 radical (unpaired) electrons. The van der Waals surface area contributed by atoms with Crippen molar-refractivity contribution in [3.05, 3.63) is 39.9 Å². The van der Waals surface area contributed by atoms with E-state index in [9.17, 15) is 14.9 Å². The molecule has 0 fully saturated rings. The molecule has 0 saturated heterocycles. The van der Waals surface area contributed by atoms with Crippen LogP contribution in [0.3, 0.4) is 0 Å². The maximum absolute atomic E-state index is 10.9. The van der Waals surface area contributed by atoms with E-state index in [0.29, 0.717) is 5.71 Å². The Morgan fingerprint density at radius 1 is 1.33 bits per heavy atom. The van der Waals surface area contributed by atoms with Crippen LogP contribution in [0.4, 0.5) is 5.69 Å². The fraction of sp³-hybridized carbons (Fsp3) is 0.111. The van der Waals surface area contributed by atoms with Gasteiger partial charge in [-0.25, -0.2) is 5.43 Å². The minimum Gasteiger partial charge on any atom is -0.273 e. The summed E-state index contributed by atoms with van der Waals surface area (Å²) >= 11 is 0. The zero-order valence-electron chi connectivity index (χ0n) is 7.64. The van der Waals surface area contributed by atoms with Gasteiger partial charge in [0.25, 0.3) is 5.69 Å². The lowest BCUT2D eigenvalue weighted by atomic mass is 10.1. The van der Waals surface area contributed by atoms with Gasteiger partial charge in [0.2, 0.25) is 5.91 Å². The summed E-state index contributed by atoms with van der Waals surface area (Å²) in [5, 5.41) is 14.2. The molecule has 0 atom stereocenters. The Morgan fingerprint density at radius 2 is 2.00 bits per heavy atom. The van der Waals surface area contributed by atoms with Gasteiger partial charge in [-0.15, -0.1) is 0 Å². The van der Waals surface area contributed by atoms with Gasteiger partial charge in [0.1, 0.15) is 0 Å². The van der Waals surface area contributed by atoms with Crippen LogP contribution in [0.2, 0.25) is 0 Å². The maximum Gasteiger partial charge on any atom is 0.269 e. The molecule has 1 aromatic carbocycles. The molecular weight excluding hydrogens is 198 g/mol. The van der Waals surface area contributed by atoms with Gasteiger partial charge in [-0.2, -0.15) is 5.10 Å². The van der Waals surface area contributed by atoms with Crippen LogP contribution in [-0.2, 0) is 4.79 Å². The topological polar surface area (TPSA) is 84.6 Å². The molecule has 0 aromatic heterocycles. The molecule has 1 heterocycles. The van der Waals surface area contributed by atoms with E-state index in [1.807, 2.05) is 0 Å². The molecule has 1 aromatic rings. The van der Waals surface area contributed by atoms with Gasteiger partial charge in [0.05, 0.1) is 17.1 Å². The zero-order chi connectivity index (χ0) is 10.8. The van der Waals surface area contributed by atoms with E-state index in [4.69, 9.17) is 0 Å². The minimum absolute atomic E-state index is 0.0247. The van der Waals surface area contributed by atoms with Crippen molar-refractivity contribution in [3.63, 3.8) is 0 Å². The molecule has 1 N–H and O–H groups in total. The Labute approximate surface area is 84.8 Å². The fourth-order valence-electron chi connectivity index (χ4n) is 1.30. The van der Waals surface area contributed by atoms with Crippen LogP contribution in [0.15, 0.2) is 29.4 Å². The van der Waals surface area contributed by atoms with Crippen molar-refractivity contribution >= 4 is 17.3 Å². The summed E-state index contributed by atoms with van der Waals surface area (Å²) in [4.78, 5) is 20.8. The molecular formula is C9H7N3O3. The predicted molar refractivity (Wildman–Crippen MR) is 52.4 cm³/mol. The van der Waals surface area contributed by atoms with Crippen LogP contribution in [0, 0.1) is 10.1 Å². The number of nitro groups is 1. The molecule has 1 amide bonds. The molecule has 0 spiro atoms. The summed E-state index contributed by atoms with van der Waals surface area (Å²) in [6.07, 6.45) is 0.220. The second kappa shape index (κ2) is 3.49. The summed E-state index contributed by atoms with van der Waals surface area (Å²) < 4.78 is 0. The summed E-state index contributed by atoms with van der Waals surface area (Å²) in [6.45, 7) is 0. The highest BCUT2D eigenvalue weighted by Crippen LogP contribution is 2.14. The first-order chi connectivity index (χ1) is 7.16. The lowest BCUT2D eigenvalue weighted by Crippen LogP contribution is -2.09. The van der Waals surface area contributed by atoms with Crippen molar-refractivity contribution in [1.29, 1.82) is 0 Å². The van der Waals surface area contributed by atoms with Crippen LogP contribution < -0.4 is 5.43 Å². The number of hydrogen-bond donors (Lipinski definition) is 1. The zero-order valence-corrected chi connectivity index (χ0v) is 7.64. The minimum atomic E-state index is -0.469.